The molecule has 2 N–H and O–H groups in total. The Morgan fingerprint density at radius 1 is 1.22 bits per heavy atom. The average molecular weight is 421 g/mol. The van der Waals surface area contributed by atoms with Crippen LogP contribution in [0.1, 0.15) is 16.8 Å². The molecule has 0 atom stereocenters. The quantitative estimate of drug-likeness (QED) is 0.442. The molecule has 0 aliphatic carbocycles. The predicted octanol–water partition coefficient (Wildman–Crippen LogP) is 2.48. The summed E-state index contributed by atoms with van der Waals surface area (Å²) in [5, 5.41) is 15.4. The molecule has 1 heterocycles. The van der Waals surface area contributed by atoms with E-state index in [9.17, 15) is 0 Å². The molecule has 0 saturated carbocycles. The van der Waals surface area contributed by atoms with Crippen molar-refractivity contribution in [2.24, 2.45) is 4.99 Å². The van der Waals surface area contributed by atoms with Crippen LogP contribution in [0.3, 0.4) is 0 Å². The Balaban J connectivity index is 0.00000264. The average Bonchev–Trinajstić information content (AvgIpc) is 2.59. The first-order chi connectivity index (χ1) is 10.8. The van der Waals surface area contributed by atoms with Crippen molar-refractivity contribution >= 4 is 29.9 Å². The van der Waals surface area contributed by atoms with Gasteiger partial charge in [0, 0.05) is 38.4 Å². The van der Waals surface area contributed by atoms with Gasteiger partial charge in [-0.2, -0.15) is 5.26 Å². The highest BCUT2D eigenvalue weighted by molar-refractivity contribution is 14.0. The Kier molecular flexibility index (Phi) is 8.68. The molecule has 0 aliphatic heterocycles. The van der Waals surface area contributed by atoms with Crippen LogP contribution in [0.5, 0.6) is 0 Å². The zero-order valence-electron chi connectivity index (χ0n) is 13.0. The molecule has 0 saturated heterocycles. The van der Waals surface area contributed by atoms with Crippen LogP contribution in [0.15, 0.2) is 53.7 Å². The van der Waals surface area contributed by atoms with Crippen molar-refractivity contribution in [2.75, 3.05) is 13.6 Å². The number of hydrogen-bond donors (Lipinski definition) is 2. The largest absolute Gasteiger partial charge is 0.356 e. The maximum Gasteiger partial charge on any atom is 0.191 e. The van der Waals surface area contributed by atoms with Gasteiger partial charge in [0.1, 0.15) is 0 Å². The summed E-state index contributed by atoms with van der Waals surface area (Å²) in [6.07, 6.45) is 2.63. The third-order valence-electron chi connectivity index (χ3n) is 3.14. The topological polar surface area (TPSA) is 73.1 Å². The summed E-state index contributed by atoms with van der Waals surface area (Å²) in [4.78, 5) is 8.47. The first-order valence-corrected chi connectivity index (χ1v) is 7.15. The molecule has 0 unspecified atom stereocenters. The Labute approximate surface area is 153 Å². The fourth-order valence-electron chi connectivity index (χ4n) is 2.01. The number of halogens is 1. The molecule has 6 heteroatoms. The van der Waals surface area contributed by atoms with E-state index < -0.39 is 0 Å². The zero-order valence-corrected chi connectivity index (χ0v) is 15.3. The van der Waals surface area contributed by atoms with Crippen LogP contribution >= 0.6 is 24.0 Å². The van der Waals surface area contributed by atoms with Gasteiger partial charge in [-0.25, -0.2) is 0 Å². The summed E-state index contributed by atoms with van der Waals surface area (Å²) in [6, 6.07) is 15.6. The van der Waals surface area contributed by atoms with Crippen molar-refractivity contribution in [2.45, 2.75) is 13.0 Å². The van der Waals surface area contributed by atoms with Crippen LogP contribution in [0.4, 0.5) is 0 Å². The Bertz CT molecular complexity index is 664. The van der Waals surface area contributed by atoms with Crippen molar-refractivity contribution in [1.29, 1.82) is 5.26 Å². The standard InChI is InChI=1S/C17H19N5.HI/c1-19-17(21-10-8-16-7-2-3-9-20-16)22-13-15-6-4-5-14(11-15)12-18;/h2-7,9,11H,8,10,13H2,1H3,(H2,19,21,22);1H. The number of hydrogen-bond acceptors (Lipinski definition) is 3. The highest BCUT2D eigenvalue weighted by Crippen LogP contribution is 2.03. The van der Waals surface area contributed by atoms with Crippen LogP contribution in [-0.4, -0.2) is 24.5 Å². The van der Waals surface area contributed by atoms with Crippen LogP contribution in [0.25, 0.3) is 0 Å². The maximum atomic E-state index is 8.90. The van der Waals surface area contributed by atoms with Gasteiger partial charge in [-0.15, -0.1) is 24.0 Å². The van der Waals surface area contributed by atoms with E-state index in [2.05, 4.69) is 26.7 Å². The summed E-state index contributed by atoms with van der Waals surface area (Å²) in [5.74, 6) is 0.735. The predicted molar refractivity (Wildman–Crippen MR) is 103 cm³/mol. The lowest BCUT2D eigenvalue weighted by Gasteiger charge is -2.12. The summed E-state index contributed by atoms with van der Waals surface area (Å²) in [6.45, 7) is 1.38. The van der Waals surface area contributed by atoms with E-state index in [0.29, 0.717) is 12.1 Å². The molecule has 0 radical (unpaired) electrons. The fraction of sp³-hybridized carbons (Fsp3) is 0.235. The van der Waals surface area contributed by atoms with Crippen molar-refractivity contribution in [1.82, 2.24) is 15.6 Å². The lowest BCUT2D eigenvalue weighted by atomic mass is 10.1. The monoisotopic (exact) mass is 421 g/mol. The second-order valence-corrected chi connectivity index (χ2v) is 4.74. The number of aromatic nitrogens is 1. The van der Waals surface area contributed by atoms with Gasteiger partial charge in [-0.1, -0.05) is 18.2 Å². The highest BCUT2D eigenvalue weighted by atomic mass is 127. The van der Waals surface area contributed by atoms with Crippen molar-refractivity contribution in [3.63, 3.8) is 0 Å². The summed E-state index contributed by atoms with van der Waals surface area (Å²) in [7, 11) is 1.74. The molecule has 23 heavy (non-hydrogen) atoms. The third kappa shape index (κ3) is 6.65. The Hall–Kier alpha value is -2.14. The molecule has 0 spiro atoms. The van der Waals surface area contributed by atoms with Gasteiger partial charge < -0.3 is 10.6 Å². The molecule has 2 aromatic rings. The van der Waals surface area contributed by atoms with Gasteiger partial charge >= 0.3 is 0 Å². The number of rotatable bonds is 5. The molecule has 5 nitrogen and oxygen atoms in total. The second-order valence-electron chi connectivity index (χ2n) is 4.74. The van der Waals surface area contributed by atoms with Crippen LogP contribution in [0.2, 0.25) is 0 Å². The van der Waals surface area contributed by atoms with E-state index >= 15 is 0 Å². The van der Waals surface area contributed by atoms with E-state index in [4.69, 9.17) is 5.26 Å². The molecule has 0 fully saturated rings. The second kappa shape index (κ2) is 10.6. The first-order valence-electron chi connectivity index (χ1n) is 7.15. The van der Waals surface area contributed by atoms with Gasteiger partial charge in [0.05, 0.1) is 11.6 Å². The minimum atomic E-state index is 0. The molecular formula is C17H20IN5. The SMILES string of the molecule is CN=C(NCCc1ccccn1)NCc1cccc(C#N)c1.I. The lowest BCUT2D eigenvalue weighted by molar-refractivity contribution is 0.784. The van der Waals surface area contributed by atoms with Gasteiger partial charge in [0.25, 0.3) is 0 Å². The number of benzene rings is 1. The van der Waals surface area contributed by atoms with Crippen LogP contribution < -0.4 is 10.6 Å². The molecule has 0 amide bonds. The molecule has 1 aromatic heterocycles. The van der Waals surface area contributed by atoms with Gasteiger partial charge in [0.15, 0.2) is 5.96 Å². The van der Waals surface area contributed by atoms with Crippen LogP contribution in [0, 0.1) is 11.3 Å². The van der Waals surface area contributed by atoms with Crippen molar-refractivity contribution in [3.05, 3.63) is 65.5 Å². The minimum absolute atomic E-state index is 0. The number of guanidine groups is 1. The van der Waals surface area contributed by atoms with Gasteiger partial charge in [-0.05, 0) is 29.8 Å². The van der Waals surface area contributed by atoms with E-state index in [1.807, 2.05) is 36.4 Å². The smallest absolute Gasteiger partial charge is 0.191 e. The number of nitrogens with zero attached hydrogens (tertiary/aromatic N) is 3. The normalized spacial score (nSPS) is 10.3. The number of nitrogens with one attached hydrogen (secondary N) is 2. The van der Waals surface area contributed by atoms with Crippen molar-refractivity contribution in [3.8, 4) is 6.07 Å². The molecule has 120 valence electrons. The first kappa shape index (κ1) is 18.9. The fourth-order valence-corrected chi connectivity index (χ4v) is 2.01. The number of pyridine rings is 1. The van der Waals surface area contributed by atoms with Gasteiger partial charge in [-0.3, -0.25) is 9.98 Å². The van der Waals surface area contributed by atoms with E-state index in [-0.39, 0.29) is 24.0 Å². The summed E-state index contributed by atoms with van der Waals surface area (Å²) >= 11 is 0. The van der Waals surface area contributed by atoms with E-state index in [1.54, 1.807) is 19.3 Å². The molecule has 1 aromatic carbocycles. The van der Waals surface area contributed by atoms with Crippen LogP contribution in [-0.2, 0) is 13.0 Å². The Morgan fingerprint density at radius 3 is 2.78 bits per heavy atom. The number of nitriles is 1. The summed E-state index contributed by atoms with van der Waals surface area (Å²) in [5.41, 5.74) is 2.76. The highest BCUT2D eigenvalue weighted by Gasteiger charge is 2.00. The maximum absolute atomic E-state index is 8.90. The molecule has 2 rings (SSSR count). The third-order valence-corrected chi connectivity index (χ3v) is 3.14. The zero-order chi connectivity index (χ0) is 15.6. The Morgan fingerprint density at radius 2 is 2.09 bits per heavy atom. The van der Waals surface area contributed by atoms with E-state index in [1.165, 1.54) is 0 Å². The van der Waals surface area contributed by atoms with E-state index in [0.717, 1.165) is 30.2 Å². The van der Waals surface area contributed by atoms with Gasteiger partial charge in [0.2, 0.25) is 0 Å². The molecule has 0 aliphatic rings. The number of aliphatic imine (C=N–C) groups is 1. The minimum Gasteiger partial charge on any atom is -0.356 e. The summed E-state index contributed by atoms with van der Waals surface area (Å²) < 4.78 is 0. The lowest BCUT2D eigenvalue weighted by Crippen LogP contribution is -2.37. The van der Waals surface area contributed by atoms with Crippen molar-refractivity contribution < 1.29 is 0 Å². The molecule has 0 bridgehead atoms. The molecular weight excluding hydrogens is 401 g/mol.